The number of rotatable bonds is 2. The van der Waals surface area contributed by atoms with Crippen molar-refractivity contribution in [1.29, 1.82) is 0 Å². The van der Waals surface area contributed by atoms with E-state index in [1.54, 1.807) is 0 Å². The van der Waals surface area contributed by atoms with Crippen molar-refractivity contribution in [3.63, 3.8) is 0 Å². The van der Waals surface area contributed by atoms with Crippen molar-refractivity contribution in [3.8, 4) is 11.1 Å². The molecule has 158 valence electrons. The standard InChI is InChI=1S/C14H14.C4H10.C3H8.3C2H6/c1-11-8-9-14(10-12(11)2)13-6-4-3-5-7-13;1-3-4-2;1-3-2;3*1-2/h3-10H,1-2H3;3-4H2,1-2H3;3H2,1-2H3;3*1-2H3. The van der Waals surface area contributed by atoms with Crippen LogP contribution in [0, 0.1) is 13.8 Å². The Morgan fingerprint density at radius 2 is 0.926 bits per heavy atom. The highest BCUT2D eigenvalue weighted by atomic mass is 14.0. The molecule has 2 aromatic rings. The molecule has 2 rings (SSSR count). The molecule has 0 saturated carbocycles. The van der Waals surface area contributed by atoms with Crippen molar-refractivity contribution in [2.45, 2.75) is 102 Å². The number of unbranched alkanes of at least 4 members (excludes halogenated alkanes) is 1. The normalized spacial score (nSPS) is 7.70. The minimum absolute atomic E-state index is 1.25. The van der Waals surface area contributed by atoms with Crippen molar-refractivity contribution in [1.82, 2.24) is 0 Å². The van der Waals surface area contributed by atoms with Crippen molar-refractivity contribution in [2.24, 2.45) is 0 Å². The molecule has 0 atom stereocenters. The van der Waals surface area contributed by atoms with Crippen LogP contribution in [0.4, 0.5) is 0 Å². The molecule has 0 unspecified atom stereocenters. The number of hydrogen-bond acceptors (Lipinski definition) is 0. The molecule has 0 bridgehead atoms. The summed E-state index contributed by atoms with van der Waals surface area (Å²) in [5.74, 6) is 0. The first-order valence-electron chi connectivity index (χ1n) is 11.2. The Morgan fingerprint density at radius 3 is 1.26 bits per heavy atom. The molecule has 0 radical (unpaired) electrons. The molecule has 0 heterocycles. The fourth-order valence-electron chi connectivity index (χ4n) is 1.55. The molecule has 0 aliphatic carbocycles. The van der Waals surface area contributed by atoms with Gasteiger partial charge >= 0.3 is 0 Å². The molecule has 2 aromatic carbocycles. The molecule has 0 aliphatic heterocycles. The molecule has 0 N–H and O–H groups in total. The maximum absolute atomic E-state index is 2.24. The average molecular weight is 375 g/mol. The highest BCUT2D eigenvalue weighted by Gasteiger charge is 1.97. The Balaban J connectivity index is -0.000000171. The first-order chi connectivity index (χ1) is 13.1. The van der Waals surface area contributed by atoms with Crippen LogP contribution >= 0.6 is 0 Å². The summed E-state index contributed by atoms with van der Waals surface area (Å²) in [5.41, 5.74) is 5.29. The van der Waals surface area contributed by atoms with Gasteiger partial charge < -0.3 is 0 Å². The van der Waals surface area contributed by atoms with Gasteiger partial charge in [-0.15, -0.1) is 0 Å². The summed E-state index contributed by atoms with van der Waals surface area (Å²) in [7, 11) is 0. The van der Waals surface area contributed by atoms with Crippen molar-refractivity contribution in [2.75, 3.05) is 0 Å². The zero-order valence-corrected chi connectivity index (χ0v) is 20.7. The summed E-state index contributed by atoms with van der Waals surface area (Å²) in [5, 5.41) is 0. The average Bonchev–Trinajstić information content (AvgIpc) is 2.76. The third kappa shape index (κ3) is 20.6. The van der Waals surface area contributed by atoms with Crippen molar-refractivity contribution >= 4 is 0 Å². The van der Waals surface area contributed by atoms with E-state index in [9.17, 15) is 0 Å². The van der Waals surface area contributed by atoms with E-state index >= 15 is 0 Å². The van der Waals surface area contributed by atoms with Gasteiger partial charge in [0.05, 0.1) is 0 Å². The fraction of sp³-hybridized carbons (Fsp3) is 0.556. The molecule has 0 aromatic heterocycles. The summed E-state index contributed by atoms with van der Waals surface area (Å²) in [4.78, 5) is 0. The topological polar surface area (TPSA) is 0 Å². The molecule has 0 saturated heterocycles. The van der Waals surface area contributed by atoms with E-state index in [-0.39, 0.29) is 0 Å². The van der Waals surface area contributed by atoms with Crippen LogP contribution in [0.1, 0.15) is 99.6 Å². The van der Waals surface area contributed by atoms with Gasteiger partial charge in [-0.2, -0.15) is 0 Å². The fourth-order valence-corrected chi connectivity index (χ4v) is 1.55. The van der Waals surface area contributed by atoms with Crippen LogP contribution in [0.15, 0.2) is 48.5 Å². The maximum Gasteiger partial charge on any atom is -0.0181 e. The zero-order chi connectivity index (χ0) is 22.1. The number of benzene rings is 2. The molecular weight excluding hydrogens is 324 g/mol. The second-order valence-corrected chi connectivity index (χ2v) is 5.37. The highest BCUT2D eigenvalue weighted by Crippen LogP contribution is 2.21. The Labute approximate surface area is 173 Å². The number of hydrogen-bond donors (Lipinski definition) is 0. The van der Waals surface area contributed by atoms with E-state index in [1.807, 2.05) is 47.6 Å². The second-order valence-electron chi connectivity index (χ2n) is 5.37. The van der Waals surface area contributed by atoms with Crippen LogP contribution in [-0.2, 0) is 0 Å². The molecule has 0 heteroatoms. The van der Waals surface area contributed by atoms with Crippen LogP contribution in [0.25, 0.3) is 11.1 Å². The van der Waals surface area contributed by atoms with Gasteiger partial charge in [-0.3, -0.25) is 0 Å². The van der Waals surface area contributed by atoms with E-state index in [2.05, 4.69) is 84.0 Å². The Hall–Kier alpha value is -1.56. The first kappa shape index (κ1) is 33.1. The second kappa shape index (κ2) is 29.2. The van der Waals surface area contributed by atoms with Crippen LogP contribution in [0.3, 0.4) is 0 Å². The van der Waals surface area contributed by atoms with Crippen molar-refractivity contribution < 1.29 is 0 Å². The maximum atomic E-state index is 2.24. The zero-order valence-electron chi connectivity index (χ0n) is 20.7. The quantitative estimate of drug-likeness (QED) is 0.490. The Kier molecular flexibility index (Phi) is 35.8. The summed E-state index contributed by atoms with van der Waals surface area (Å²) in [6.45, 7) is 24.9. The SMILES string of the molecule is CC.CC.CC.CCC.CCCC.Cc1ccc(-c2ccccc2)cc1C. The van der Waals surface area contributed by atoms with Gasteiger partial charge in [-0.25, -0.2) is 0 Å². The van der Waals surface area contributed by atoms with E-state index < -0.39 is 0 Å². The van der Waals surface area contributed by atoms with E-state index in [4.69, 9.17) is 0 Å². The van der Waals surface area contributed by atoms with Crippen LogP contribution in [0.5, 0.6) is 0 Å². The van der Waals surface area contributed by atoms with Crippen LogP contribution in [-0.4, -0.2) is 0 Å². The molecule has 0 fully saturated rings. The predicted molar refractivity (Wildman–Crippen MR) is 132 cm³/mol. The molecule has 27 heavy (non-hydrogen) atoms. The lowest BCUT2D eigenvalue weighted by Crippen LogP contribution is -1.82. The third-order valence-electron chi connectivity index (χ3n) is 3.11. The molecule has 0 spiro atoms. The largest absolute Gasteiger partial charge is 0.0683 e. The Morgan fingerprint density at radius 1 is 0.519 bits per heavy atom. The van der Waals surface area contributed by atoms with Gasteiger partial charge in [0.15, 0.2) is 0 Å². The van der Waals surface area contributed by atoms with Crippen LogP contribution < -0.4 is 0 Å². The van der Waals surface area contributed by atoms with Gasteiger partial charge in [0.2, 0.25) is 0 Å². The molecule has 0 aliphatic rings. The Bertz CT molecular complexity index is 467. The van der Waals surface area contributed by atoms with E-state index in [1.165, 1.54) is 41.5 Å². The van der Waals surface area contributed by atoms with E-state index in [0.29, 0.717) is 0 Å². The third-order valence-corrected chi connectivity index (χ3v) is 3.11. The lowest BCUT2D eigenvalue weighted by atomic mass is 10.0. The van der Waals surface area contributed by atoms with Crippen molar-refractivity contribution in [3.05, 3.63) is 59.7 Å². The lowest BCUT2D eigenvalue weighted by Gasteiger charge is -2.04. The van der Waals surface area contributed by atoms with Gasteiger partial charge in [0.25, 0.3) is 0 Å². The molecule has 0 nitrogen and oxygen atoms in total. The van der Waals surface area contributed by atoms with Crippen LogP contribution in [0.2, 0.25) is 0 Å². The first-order valence-corrected chi connectivity index (χ1v) is 11.2. The summed E-state index contributed by atoms with van der Waals surface area (Å²) >= 11 is 0. The predicted octanol–water partition coefficient (Wildman–Crippen LogP) is 10.3. The summed E-state index contributed by atoms with van der Waals surface area (Å²) in [6, 6.07) is 17.1. The number of aryl methyl sites for hydroxylation is 2. The summed E-state index contributed by atoms with van der Waals surface area (Å²) in [6.07, 6.45) is 3.89. The minimum atomic E-state index is 1.25. The van der Waals surface area contributed by atoms with Gasteiger partial charge in [0, 0.05) is 0 Å². The molecule has 0 amide bonds. The summed E-state index contributed by atoms with van der Waals surface area (Å²) < 4.78 is 0. The highest BCUT2D eigenvalue weighted by molar-refractivity contribution is 5.64. The smallest absolute Gasteiger partial charge is 0.0181 e. The monoisotopic (exact) mass is 374 g/mol. The van der Waals surface area contributed by atoms with Gasteiger partial charge in [0.1, 0.15) is 0 Å². The van der Waals surface area contributed by atoms with E-state index in [0.717, 1.165) is 0 Å². The van der Waals surface area contributed by atoms with Gasteiger partial charge in [-0.1, -0.05) is 137 Å². The minimum Gasteiger partial charge on any atom is -0.0683 e. The lowest BCUT2D eigenvalue weighted by molar-refractivity contribution is 0.886. The van der Waals surface area contributed by atoms with Gasteiger partial charge in [-0.05, 0) is 36.1 Å². The molecular formula is C27H50.